The molecule has 5 rings (SSSR count). The Balaban J connectivity index is 1.19. The first-order valence-corrected chi connectivity index (χ1v) is 11.8. The van der Waals surface area contributed by atoms with E-state index < -0.39 is 0 Å². The van der Waals surface area contributed by atoms with Crippen LogP contribution in [0.2, 0.25) is 0 Å². The lowest BCUT2D eigenvalue weighted by molar-refractivity contribution is -0.125. The highest BCUT2D eigenvalue weighted by Crippen LogP contribution is 2.28. The van der Waals surface area contributed by atoms with Crippen molar-refractivity contribution in [1.82, 2.24) is 30.0 Å². The number of fused-ring (bicyclic) bond motifs is 1. The van der Waals surface area contributed by atoms with Crippen LogP contribution in [0.15, 0.2) is 42.7 Å². The number of nitrogens with zero attached hydrogens (tertiary/aromatic N) is 6. The second-order valence-electron chi connectivity index (χ2n) is 8.87. The number of ether oxygens (including phenoxy) is 1. The number of hydrogen-bond acceptors (Lipinski definition) is 7. The highest BCUT2D eigenvalue weighted by Gasteiger charge is 2.28. The second kappa shape index (κ2) is 9.74. The molecule has 2 fully saturated rings. The van der Waals surface area contributed by atoms with Crippen molar-refractivity contribution < 1.29 is 9.53 Å². The molecule has 9 nitrogen and oxygen atoms in total. The first kappa shape index (κ1) is 21.6. The maximum Gasteiger partial charge on any atom is 0.223 e. The summed E-state index contributed by atoms with van der Waals surface area (Å²) in [5.41, 5.74) is 1.93. The number of benzene rings is 1. The molecule has 2 aliphatic rings. The Morgan fingerprint density at radius 3 is 2.76 bits per heavy atom. The fraction of sp³-hybridized carbons (Fsp3) is 0.500. The van der Waals surface area contributed by atoms with Crippen LogP contribution in [0.1, 0.15) is 37.3 Å². The van der Waals surface area contributed by atoms with E-state index in [-0.39, 0.29) is 17.9 Å². The third-order valence-electron chi connectivity index (χ3n) is 6.87. The molecule has 174 valence electrons. The van der Waals surface area contributed by atoms with Gasteiger partial charge in [-0.2, -0.15) is 4.52 Å². The molecule has 33 heavy (non-hydrogen) atoms. The predicted molar refractivity (Wildman–Crippen MR) is 125 cm³/mol. The molecule has 0 radical (unpaired) electrons. The van der Waals surface area contributed by atoms with E-state index in [1.54, 1.807) is 18.0 Å². The van der Waals surface area contributed by atoms with Crippen LogP contribution in [-0.2, 0) is 4.79 Å². The van der Waals surface area contributed by atoms with Crippen LogP contribution < -0.4 is 15.0 Å². The molecule has 1 aromatic carbocycles. The topological polar surface area (TPSA) is 87.9 Å². The Morgan fingerprint density at radius 2 is 1.97 bits per heavy atom. The second-order valence-corrected chi connectivity index (χ2v) is 8.87. The Bertz CT molecular complexity index is 1090. The van der Waals surface area contributed by atoms with Gasteiger partial charge in [0.2, 0.25) is 5.91 Å². The van der Waals surface area contributed by atoms with Crippen molar-refractivity contribution in [2.75, 3.05) is 44.7 Å². The fourth-order valence-corrected chi connectivity index (χ4v) is 4.96. The van der Waals surface area contributed by atoms with Crippen LogP contribution >= 0.6 is 0 Å². The smallest absolute Gasteiger partial charge is 0.223 e. The number of carbonyl (C=O) groups is 1. The zero-order valence-corrected chi connectivity index (χ0v) is 19.1. The van der Waals surface area contributed by atoms with E-state index >= 15 is 0 Å². The first-order valence-electron chi connectivity index (χ1n) is 11.8. The van der Waals surface area contributed by atoms with E-state index in [4.69, 9.17) is 4.74 Å². The van der Waals surface area contributed by atoms with Gasteiger partial charge in [-0.1, -0.05) is 12.1 Å². The first-order chi connectivity index (χ1) is 16.2. The minimum Gasteiger partial charge on any atom is -0.497 e. The van der Waals surface area contributed by atoms with Crippen molar-refractivity contribution in [2.24, 2.45) is 5.92 Å². The number of amides is 1. The molecule has 0 unspecified atom stereocenters. The largest absolute Gasteiger partial charge is 0.497 e. The summed E-state index contributed by atoms with van der Waals surface area (Å²) in [7, 11) is 1.69. The highest BCUT2D eigenvalue weighted by atomic mass is 16.5. The van der Waals surface area contributed by atoms with Gasteiger partial charge in [0.1, 0.15) is 17.9 Å². The fourth-order valence-electron chi connectivity index (χ4n) is 4.96. The molecule has 0 spiro atoms. The maximum absolute atomic E-state index is 13.0. The Labute approximate surface area is 193 Å². The summed E-state index contributed by atoms with van der Waals surface area (Å²) in [5, 5.41) is 15.7. The summed E-state index contributed by atoms with van der Waals surface area (Å²) in [5.74, 6) is 1.94. The lowest BCUT2D eigenvalue weighted by Gasteiger charge is -2.33. The molecule has 1 atom stereocenters. The van der Waals surface area contributed by atoms with E-state index in [0.717, 1.165) is 56.2 Å². The maximum atomic E-state index is 13.0. The van der Waals surface area contributed by atoms with Gasteiger partial charge in [-0.3, -0.25) is 9.69 Å². The lowest BCUT2D eigenvalue weighted by Crippen LogP contribution is -2.43. The molecule has 4 heterocycles. The quantitative estimate of drug-likeness (QED) is 0.592. The number of anilines is 1. The molecule has 0 saturated carbocycles. The molecule has 1 amide bonds. The number of carbonyl (C=O) groups excluding carboxylic acids is 1. The molecule has 2 aliphatic heterocycles. The Morgan fingerprint density at radius 1 is 1.15 bits per heavy atom. The van der Waals surface area contributed by atoms with Gasteiger partial charge in [0, 0.05) is 25.6 Å². The average molecular weight is 450 g/mol. The van der Waals surface area contributed by atoms with Crippen LogP contribution in [0.3, 0.4) is 0 Å². The SMILES string of the molecule is COc1cccc([C@H](CNC(=O)C2CCN(c3ccc4nncn4n3)CC2)N2CCCC2)c1. The number of hydrogen-bond donors (Lipinski definition) is 1. The number of piperidine rings is 1. The lowest BCUT2D eigenvalue weighted by atomic mass is 9.95. The zero-order valence-electron chi connectivity index (χ0n) is 19.1. The summed E-state index contributed by atoms with van der Waals surface area (Å²) < 4.78 is 7.12. The van der Waals surface area contributed by atoms with E-state index in [1.807, 2.05) is 24.3 Å². The predicted octanol–water partition coefficient (Wildman–Crippen LogP) is 2.30. The average Bonchev–Trinajstić information content (AvgIpc) is 3.56. The van der Waals surface area contributed by atoms with Crippen molar-refractivity contribution in [3.05, 3.63) is 48.3 Å². The number of methoxy groups -OCH3 is 1. The Hall–Kier alpha value is -3.20. The number of nitrogens with one attached hydrogen (secondary N) is 1. The Kier molecular flexibility index (Phi) is 6.39. The number of rotatable bonds is 7. The van der Waals surface area contributed by atoms with E-state index in [2.05, 4.69) is 42.5 Å². The van der Waals surface area contributed by atoms with Gasteiger partial charge < -0.3 is 15.0 Å². The molecule has 9 heteroatoms. The third kappa shape index (κ3) is 4.78. The molecule has 2 saturated heterocycles. The van der Waals surface area contributed by atoms with E-state index in [9.17, 15) is 4.79 Å². The van der Waals surface area contributed by atoms with Crippen molar-refractivity contribution >= 4 is 17.4 Å². The van der Waals surface area contributed by atoms with Gasteiger partial charge >= 0.3 is 0 Å². The van der Waals surface area contributed by atoms with Gasteiger partial charge in [0.15, 0.2) is 5.65 Å². The monoisotopic (exact) mass is 449 g/mol. The van der Waals surface area contributed by atoms with E-state index in [0.29, 0.717) is 6.54 Å². The summed E-state index contributed by atoms with van der Waals surface area (Å²) in [4.78, 5) is 17.8. The van der Waals surface area contributed by atoms with Crippen LogP contribution in [0.25, 0.3) is 5.65 Å². The van der Waals surface area contributed by atoms with Gasteiger partial charge in [-0.05, 0) is 68.6 Å². The number of likely N-dealkylation sites (tertiary alicyclic amines) is 1. The molecule has 0 bridgehead atoms. The van der Waals surface area contributed by atoms with Gasteiger partial charge in [-0.15, -0.1) is 15.3 Å². The molecule has 2 aromatic heterocycles. The van der Waals surface area contributed by atoms with E-state index in [1.165, 1.54) is 18.4 Å². The minimum atomic E-state index is 0.0319. The van der Waals surface area contributed by atoms with Crippen molar-refractivity contribution in [2.45, 2.75) is 31.7 Å². The third-order valence-corrected chi connectivity index (χ3v) is 6.87. The highest BCUT2D eigenvalue weighted by molar-refractivity contribution is 5.79. The molecular weight excluding hydrogens is 418 g/mol. The van der Waals surface area contributed by atoms with Crippen molar-refractivity contribution in [3.8, 4) is 5.75 Å². The van der Waals surface area contributed by atoms with Gasteiger partial charge in [0.25, 0.3) is 0 Å². The molecule has 1 N–H and O–H groups in total. The minimum absolute atomic E-state index is 0.0319. The van der Waals surface area contributed by atoms with Crippen LogP contribution in [-0.4, -0.2) is 70.5 Å². The van der Waals surface area contributed by atoms with Crippen LogP contribution in [0, 0.1) is 5.92 Å². The normalized spacial score (nSPS) is 18.5. The van der Waals surface area contributed by atoms with Gasteiger partial charge in [0.05, 0.1) is 13.2 Å². The van der Waals surface area contributed by atoms with Crippen molar-refractivity contribution in [3.63, 3.8) is 0 Å². The molecule has 0 aliphatic carbocycles. The summed E-state index contributed by atoms with van der Waals surface area (Å²) >= 11 is 0. The summed E-state index contributed by atoms with van der Waals surface area (Å²) in [6.45, 7) is 4.38. The summed E-state index contributed by atoms with van der Waals surface area (Å²) in [6.07, 6.45) is 5.67. The zero-order chi connectivity index (χ0) is 22.6. The van der Waals surface area contributed by atoms with Gasteiger partial charge in [-0.25, -0.2) is 0 Å². The van der Waals surface area contributed by atoms with Crippen LogP contribution in [0.4, 0.5) is 5.82 Å². The standard InChI is InChI=1S/C24H31N7O2/c1-33-20-6-4-5-19(15-20)21(29-11-2-3-12-29)16-25-24(32)18-9-13-30(14-10-18)23-8-7-22-27-26-17-31(22)28-23/h4-8,15,17-18,21H,2-3,9-14,16H2,1H3,(H,25,32)/t21-/m0/s1. The van der Waals surface area contributed by atoms with Crippen molar-refractivity contribution in [1.29, 1.82) is 0 Å². The summed E-state index contributed by atoms with van der Waals surface area (Å²) in [6, 6.07) is 12.3. The number of aromatic nitrogens is 4. The van der Waals surface area contributed by atoms with Crippen LogP contribution in [0.5, 0.6) is 5.75 Å². The molecular formula is C24H31N7O2. The molecule has 3 aromatic rings.